The summed E-state index contributed by atoms with van der Waals surface area (Å²) in [5.74, 6) is 0.791. The van der Waals surface area contributed by atoms with Crippen LogP contribution in [0, 0.1) is 0 Å². The fourth-order valence-electron chi connectivity index (χ4n) is 1.37. The normalized spacial score (nSPS) is 11.0. The Kier molecular flexibility index (Phi) is 3.91. The molecule has 0 atom stereocenters. The molecule has 2 heterocycles. The van der Waals surface area contributed by atoms with E-state index in [0.717, 1.165) is 6.54 Å². The van der Waals surface area contributed by atoms with E-state index in [9.17, 15) is 8.42 Å². The molecule has 19 heavy (non-hydrogen) atoms. The summed E-state index contributed by atoms with van der Waals surface area (Å²) in [5.41, 5.74) is 0. The van der Waals surface area contributed by atoms with Crippen LogP contribution in [0.3, 0.4) is 0 Å². The molecular weight excluding hydrogens is 266 g/mol. The van der Waals surface area contributed by atoms with Crippen molar-refractivity contribution in [3.63, 3.8) is 0 Å². The van der Waals surface area contributed by atoms with Gasteiger partial charge in [0.2, 0.25) is 0 Å². The molecule has 0 aromatic carbocycles. The molecule has 0 saturated carbocycles. The molecule has 0 saturated heterocycles. The molecule has 0 aliphatic carbocycles. The zero-order chi connectivity index (χ0) is 13.7. The lowest BCUT2D eigenvalue weighted by molar-refractivity contribution is 0.600. The van der Waals surface area contributed by atoms with Gasteiger partial charge in [-0.1, -0.05) is 0 Å². The van der Waals surface area contributed by atoms with Crippen LogP contribution in [0.1, 0.15) is 6.92 Å². The number of sulfonamides is 1. The molecular formula is C11H13N5O2S. The first-order chi connectivity index (χ1) is 9.12. The maximum Gasteiger partial charge on any atom is 0.264 e. The number of nitrogens with one attached hydrogen (secondary N) is 2. The van der Waals surface area contributed by atoms with Crippen LogP contribution in [0.5, 0.6) is 0 Å². The van der Waals surface area contributed by atoms with E-state index in [-0.39, 0.29) is 10.7 Å². The monoisotopic (exact) mass is 279 g/mol. The summed E-state index contributed by atoms with van der Waals surface area (Å²) in [4.78, 5) is 11.7. The van der Waals surface area contributed by atoms with Gasteiger partial charge in [0, 0.05) is 25.1 Å². The van der Waals surface area contributed by atoms with Gasteiger partial charge in [-0.25, -0.2) is 18.4 Å². The molecule has 0 radical (unpaired) electrons. The van der Waals surface area contributed by atoms with E-state index < -0.39 is 10.0 Å². The van der Waals surface area contributed by atoms with Crippen LogP contribution in [0.15, 0.2) is 41.8 Å². The number of hydrogen-bond donors (Lipinski definition) is 2. The first kappa shape index (κ1) is 13.2. The Hall–Kier alpha value is -2.22. The predicted molar refractivity (Wildman–Crippen MR) is 71.2 cm³/mol. The minimum absolute atomic E-state index is 0.0693. The van der Waals surface area contributed by atoms with Gasteiger partial charge in [0.05, 0.1) is 6.20 Å². The molecule has 0 amide bonds. The molecule has 0 spiro atoms. The molecule has 2 rings (SSSR count). The minimum atomic E-state index is -3.69. The van der Waals surface area contributed by atoms with Crippen molar-refractivity contribution in [1.29, 1.82) is 0 Å². The zero-order valence-electron chi connectivity index (χ0n) is 10.2. The summed E-state index contributed by atoms with van der Waals surface area (Å²) in [5, 5.41) is 2.99. The molecule has 2 aromatic rings. The highest BCUT2D eigenvalue weighted by Crippen LogP contribution is 2.14. The van der Waals surface area contributed by atoms with Crippen LogP contribution in [0.4, 0.5) is 11.6 Å². The third-order valence-electron chi connectivity index (χ3n) is 2.21. The number of aromatic nitrogens is 3. The van der Waals surface area contributed by atoms with E-state index in [1.54, 1.807) is 6.07 Å². The van der Waals surface area contributed by atoms with Crippen molar-refractivity contribution in [2.45, 2.75) is 11.8 Å². The van der Waals surface area contributed by atoms with E-state index >= 15 is 0 Å². The van der Waals surface area contributed by atoms with Crippen LogP contribution in [0.2, 0.25) is 0 Å². The summed E-state index contributed by atoms with van der Waals surface area (Å²) < 4.78 is 26.4. The first-order valence-electron chi connectivity index (χ1n) is 5.60. The quantitative estimate of drug-likeness (QED) is 0.850. The van der Waals surface area contributed by atoms with Gasteiger partial charge in [0.1, 0.15) is 10.7 Å². The van der Waals surface area contributed by atoms with Crippen LogP contribution >= 0.6 is 0 Å². The number of hydrogen-bond acceptors (Lipinski definition) is 6. The van der Waals surface area contributed by atoms with Crippen molar-refractivity contribution in [3.8, 4) is 0 Å². The number of nitrogens with zero attached hydrogens (tertiary/aromatic N) is 3. The smallest absolute Gasteiger partial charge is 0.264 e. The van der Waals surface area contributed by atoms with Crippen molar-refractivity contribution in [2.75, 3.05) is 16.6 Å². The standard InChI is InChI=1S/C11H13N5O2S/c1-2-13-10-4-3-9(7-15-10)19(17,18)16-11-8-12-5-6-14-11/h3-8H,2H2,1H3,(H,13,15)(H,14,16). The van der Waals surface area contributed by atoms with Crippen molar-refractivity contribution in [2.24, 2.45) is 0 Å². The number of rotatable bonds is 5. The van der Waals surface area contributed by atoms with Crippen molar-refractivity contribution >= 4 is 21.7 Å². The Bertz CT molecular complexity index is 628. The van der Waals surface area contributed by atoms with Crippen LogP contribution in [-0.2, 0) is 10.0 Å². The summed E-state index contributed by atoms with van der Waals surface area (Å²) in [6.45, 7) is 2.65. The Morgan fingerprint density at radius 2 is 1.95 bits per heavy atom. The second kappa shape index (κ2) is 5.61. The van der Waals surface area contributed by atoms with Crippen LogP contribution < -0.4 is 10.0 Å². The van der Waals surface area contributed by atoms with Crippen molar-refractivity contribution in [1.82, 2.24) is 15.0 Å². The van der Waals surface area contributed by atoms with E-state index in [1.165, 1.54) is 30.9 Å². The summed E-state index contributed by atoms with van der Waals surface area (Å²) in [7, 11) is -3.69. The first-order valence-corrected chi connectivity index (χ1v) is 7.09. The Morgan fingerprint density at radius 1 is 1.11 bits per heavy atom. The summed E-state index contributed by atoms with van der Waals surface area (Å²) >= 11 is 0. The molecule has 2 N–H and O–H groups in total. The van der Waals surface area contributed by atoms with Crippen LogP contribution in [0.25, 0.3) is 0 Å². The molecule has 0 unspecified atom stereocenters. The second-order valence-corrected chi connectivity index (χ2v) is 5.29. The molecule has 2 aromatic heterocycles. The topological polar surface area (TPSA) is 96.9 Å². The highest BCUT2D eigenvalue weighted by atomic mass is 32.2. The van der Waals surface area contributed by atoms with Gasteiger partial charge in [0.25, 0.3) is 10.0 Å². The molecule has 0 aliphatic heterocycles. The van der Waals surface area contributed by atoms with E-state index in [1.807, 2.05) is 6.92 Å². The third kappa shape index (κ3) is 3.38. The lowest BCUT2D eigenvalue weighted by atomic mass is 10.4. The molecule has 0 fully saturated rings. The fourth-order valence-corrected chi connectivity index (χ4v) is 2.31. The molecule has 0 bridgehead atoms. The lowest BCUT2D eigenvalue weighted by Crippen LogP contribution is -2.14. The average molecular weight is 279 g/mol. The SMILES string of the molecule is CCNc1ccc(S(=O)(=O)Nc2cnccn2)cn1. The van der Waals surface area contributed by atoms with Gasteiger partial charge in [0.15, 0.2) is 5.82 Å². The number of pyridine rings is 1. The van der Waals surface area contributed by atoms with E-state index in [4.69, 9.17) is 0 Å². The maximum atomic E-state index is 12.0. The van der Waals surface area contributed by atoms with E-state index in [2.05, 4.69) is 25.0 Å². The van der Waals surface area contributed by atoms with Gasteiger partial charge in [-0.15, -0.1) is 0 Å². The summed E-state index contributed by atoms with van der Waals surface area (Å²) in [6.07, 6.45) is 5.49. The van der Waals surface area contributed by atoms with Gasteiger partial charge in [-0.3, -0.25) is 9.71 Å². The highest BCUT2D eigenvalue weighted by Gasteiger charge is 2.15. The van der Waals surface area contributed by atoms with Gasteiger partial charge in [-0.05, 0) is 19.1 Å². The Morgan fingerprint density at radius 3 is 2.53 bits per heavy atom. The van der Waals surface area contributed by atoms with Crippen LogP contribution in [-0.4, -0.2) is 29.9 Å². The molecule has 8 heteroatoms. The summed E-state index contributed by atoms with van der Waals surface area (Å²) in [6, 6.07) is 3.08. The molecule has 7 nitrogen and oxygen atoms in total. The minimum Gasteiger partial charge on any atom is -0.370 e. The third-order valence-corrected chi connectivity index (χ3v) is 3.55. The fraction of sp³-hybridized carbons (Fsp3) is 0.182. The molecule has 100 valence electrons. The van der Waals surface area contributed by atoms with E-state index in [0.29, 0.717) is 5.82 Å². The van der Waals surface area contributed by atoms with Gasteiger partial charge in [-0.2, -0.15) is 0 Å². The van der Waals surface area contributed by atoms with Crippen molar-refractivity contribution < 1.29 is 8.42 Å². The average Bonchev–Trinajstić information content (AvgIpc) is 2.40. The Labute approximate surface area is 111 Å². The molecule has 0 aliphatic rings. The van der Waals surface area contributed by atoms with Gasteiger partial charge < -0.3 is 5.32 Å². The van der Waals surface area contributed by atoms with Crippen molar-refractivity contribution in [3.05, 3.63) is 36.9 Å². The lowest BCUT2D eigenvalue weighted by Gasteiger charge is -2.07. The largest absolute Gasteiger partial charge is 0.370 e. The number of anilines is 2. The maximum absolute atomic E-state index is 12.0. The highest BCUT2D eigenvalue weighted by molar-refractivity contribution is 7.92. The Balaban J connectivity index is 2.20. The second-order valence-electron chi connectivity index (χ2n) is 3.61. The van der Waals surface area contributed by atoms with Gasteiger partial charge >= 0.3 is 0 Å². The predicted octanol–water partition coefficient (Wildman–Crippen LogP) is 1.10. The zero-order valence-corrected chi connectivity index (χ0v) is 11.1.